The maximum atomic E-state index is 5.26. The quantitative estimate of drug-likeness (QED) is 0.650. The molecule has 7 heteroatoms. The van der Waals surface area contributed by atoms with Gasteiger partial charge >= 0.3 is 0 Å². The number of hydrogen-bond acceptors (Lipinski definition) is 6. The van der Waals surface area contributed by atoms with Crippen LogP contribution in [-0.4, -0.2) is 22.5 Å². The minimum Gasteiger partial charge on any atom is -0.416 e. The predicted octanol–water partition coefficient (Wildman–Crippen LogP) is 3.08. The van der Waals surface area contributed by atoms with E-state index in [2.05, 4.69) is 42.9 Å². The van der Waals surface area contributed by atoms with Gasteiger partial charge in [-0.3, -0.25) is 0 Å². The van der Waals surface area contributed by atoms with E-state index in [1.54, 1.807) is 30.0 Å². The van der Waals surface area contributed by atoms with Crippen LogP contribution in [0.2, 0.25) is 0 Å². The number of halogens is 1. The second-order valence-corrected chi connectivity index (χ2v) is 6.30. The summed E-state index contributed by atoms with van der Waals surface area (Å²) in [5.41, 5.74) is 0. The topological polar surface area (TPSA) is 51.0 Å². The van der Waals surface area contributed by atoms with Gasteiger partial charge in [-0.05, 0) is 22.0 Å². The maximum Gasteiger partial charge on any atom is 0.276 e. The first-order valence-electron chi connectivity index (χ1n) is 5.10. The van der Waals surface area contributed by atoms with Crippen molar-refractivity contribution in [2.75, 3.05) is 12.3 Å². The molecule has 0 spiro atoms. The highest BCUT2D eigenvalue weighted by Gasteiger charge is 2.02. The Balaban J connectivity index is 1.60. The molecule has 0 aliphatic heterocycles. The molecular weight excluding hydrogens is 322 g/mol. The van der Waals surface area contributed by atoms with E-state index in [0.29, 0.717) is 11.1 Å². The monoisotopic (exact) mass is 333 g/mol. The van der Waals surface area contributed by atoms with Crippen LogP contribution in [0.4, 0.5) is 0 Å². The number of thioether (sulfide) groups is 1. The third-order valence-corrected chi connectivity index (χ3v) is 4.45. The van der Waals surface area contributed by atoms with Crippen molar-refractivity contribution in [2.45, 2.75) is 18.7 Å². The normalized spacial score (nSPS) is 10.9. The molecule has 17 heavy (non-hydrogen) atoms. The molecule has 4 nitrogen and oxygen atoms in total. The molecule has 0 amide bonds. The van der Waals surface area contributed by atoms with Gasteiger partial charge in [-0.2, -0.15) is 0 Å². The summed E-state index contributed by atoms with van der Waals surface area (Å²) >= 11 is 6.76. The first-order chi connectivity index (χ1) is 8.24. The highest BCUT2D eigenvalue weighted by atomic mass is 79.9. The summed E-state index contributed by atoms with van der Waals surface area (Å²) < 4.78 is 6.41. The second-order valence-electron chi connectivity index (χ2n) is 3.34. The van der Waals surface area contributed by atoms with E-state index >= 15 is 0 Å². The highest BCUT2D eigenvalue weighted by Crippen LogP contribution is 2.19. The fourth-order valence-electron chi connectivity index (χ4n) is 1.21. The number of hydrogen-bond donors (Lipinski definition) is 1. The number of thiophene rings is 1. The van der Waals surface area contributed by atoms with Crippen molar-refractivity contribution in [1.29, 1.82) is 0 Å². The standard InChI is InChI=1S/C10H12BrN3OS2/c1-7-13-14-10(15-7)16-3-2-12-5-9-4-8(11)6-17-9/h4,6,12H,2-3,5H2,1H3. The molecule has 0 saturated heterocycles. The molecule has 0 radical (unpaired) electrons. The number of nitrogens with one attached hydrogen (secondary N) is 1. The minimum atomic E-state index is 0.615. The van der Waals surface area contributed by atoms with E-state index in [1.807, 2.05) is 0 Å². The minimum absolute atomic E-state index is 0.615. The first kappa shape index (κ1) is 13.1. The zero-order chi connectivity index (χ0) is 12.1. The average Bonchev–Trinajstić information content (AvgIpc) is 2.88. The molecule has 2 aromatic rings. The Morgan fingerprint density at radius 3 is 3.06 bits per heavy atom. The molecule has 0 atom stereocenters. The van der Waals surface area contributed by atoms with Crippen LogP contribution >= 0.6 is 39.0 Å². The third kappa shape index (κ3) is 4.42. The van der Waals surface area contributed by atoms with Gasteiger partial charge in [0.1, 0.15) is 0 Å². The lowest BCUT2D eigenvalue weighted by atomic mass is 10.4. The molecule has 2 heterocycles. The van der Waals surface area contributed by atoms with E-state index in [4.69, 9.17) is 4.42 Å². The Morgan fingerprint density at radius 2 is 2.41 bits per heavy atom. The lowest BCUT2D eigenvalue weighted by Gasteiger charge is -2.00. The van der Waals surface area contributed by atoms with Gasteiger partial charge in [0.2, 0.25) is 5.89 Å². The molecule has 0 unspecified atom stereocenters. The van der Waals surface area contributed by atoms with E-state index in [0.717, 1.165) is 23.3 Å². The molecule has 92 valence electrons. The van der Waals surface area contributed by atoms with Crippen LogP contribution in [0.1, 0.15) is 10.8 Å². The highest BCUT2D eigenvalue weighted by molar-refractivity contribution is 9.10. The van der Waals surface area contributed by atoms with Crippen LogP contribution < -0.4 is 5.32 Å². The summed E-state index contributed by atoms with van der Waals surface area (Å²) in [5.74, 6) is 1.54. The van der Waals surface area contributed by atoms with Crippen LogP contribution in [0.3, 0.4) is 0 Å². The summed E-state index contributed by atoms with van der Waals surface area (Å²) in [6.45, 7) is 3.62. The lowest BCUT2D eigenvalue weighted by Crippen LogP contribution is -2.15. The summed E-state index contributed by atoms with van der Waals surface area (Å²) in [6.07, 6.45) is 0. The molecular formula is C10H12BrN3OS2. The fourth-order valence-corrected chi connectivity index (χ4v) is 3.33. The smallest absolute Gasteiger partial charge is 0.276 e. The van der Waals surface area contributed by atoms with Gasteiger partial charge in [0.25, 0.3) is 5.22 Å². The second kappa shape index (κ2) is 6.53. The number of nitrogens with zero attached hydrogens (tertiary/aromatic N) is 2. The zero-order valence-corrected chi connectivity index (χ0v) is 12.5. The number of aryl methyl sites for hydroxylation is 1. The molecule has 0 saturated carbocycles. The van der Waals surface area contributed by atoms with Gasteiger partial charge in [-0.25, -0.2) is 0 Å². The fraction of sp³-hybridized carbons (Fsp3) is 0.400. The molecule has 1 N–H and O–H groups in total. The lowest BCUT2D eigenvalue weighted by molar-refractivity contribution is 0.429. The summed E-state index contributed by atoms with van der Waals surface area (Å²) in [7, 11) is 0. The van der Waals surface area contributed by atoms with E-state index in [1.165, 1.54) is 4.88 Å². The van der Waals surface area contributed by atoms with E-state index < -0.39 is 0 Å². The van der Waals surface area contributed by atoms with E-state index in [9.17, 15) is 0 Å². The summed E-state index contributed by atoms with van der Waals surface area (Å²) in [4.78, 5) is 1.33. The average molecular weight is 334 g/mol. The van der Waals surface area contributed by atoms with Crippen molar-refractivity contribution < 1.29 is 4.42 Å². The largest absolute Gasteiger partial charge is 0.416 e. The Hall–Kier alpha value is -0.370. The molecule has 0 fully saturated rings. The molecule has 0 bridgehead atoms. The van der Waals surface area contributed by atoms with Crippen LogP contribution in [-0.2, 0) is 6.54 Å². The van der Waals surface area contributed by atoms with Crippen molar-refractivity contribution in [2.24, 2.45) is 0 Å². The van der Waals surface area contributed by atoms with Crippen molar-refractivity contribution in [3.63, 3.8) is 0 Å². The number of rotatable bonds is 6. The van der Waals surface area contributed by atoms with Gasteiger partial charge in [0.15, 0.2) is 0 Å². The van der Waals surface area contributed by atoms with Gasteiger partial charge in [-0.1, -0.05) is 11.8 Å². The van der Waals surface area contributed by atoms with Gasteiger partial charge in [0.05, 0.1) is 0 Å². The Morgan fingerprint density at radius 1 is 1.53 bits per heavy atom. The summed E-state index contributed by atoms with van der Waals surface area (Å²) in [5, 5.41) is 13.8. The van der Waals surface area contributed by atoms with Crippen molar-refractivity contribution >= 4 is 39.0 Å². The zero-order valence-electron chi connectivity index (χ0n) is 9.27. The van der Waals surface area contributed by atoms with Gasteiger partial charge in [-0.15, -0.1) is 21.5 Å². The molecule has 0 aromatic carbocycles. The Labute approximate surface area is 116 Å². The number of aromatic nitrogens is 2. The van der Waals surface area contributed by atoms with Crippen molar-refractivity contribution in [3.8, 4) is 0 Å². The van der Waals surface area contributed by atoms with Crippen LogP contribution in [0.25, 0.3) is 0 Å². The molecule has 2 aromatic heterocycles. The van der Waals surface area contributed by atoms with Crippen molar-refractivity contribution in [1.82, 2.24) is 15.5 Å². The van der Waals surface area contributed by atoms with Crippen LogP contribution in [0.5, 0.6) is 0 Å². The predicted molar refractivity (Wildman–Crippen MR) is 73.5 cm³/mol. The first-order valence-corrected chi connectivity index (χ1v) is 7.76. The van der Waals surface area contributed by atoms with Gasteiger partial charge < -0.3 is 9.73 Å². The Kier molecular flexibility index (Phi) is 5.02. The SMILES string of the molecule is Cc1nnc(SCCNCc2cc(Br)cs2)o1. The van der Waals surface area contributed by atoms with Crippen molar-refractivity contribution in [3.05, 3.63) is 26.7 Å². The van der Waals surface area contributed by atoms with Gasteiger partial charge in [0, 0.05) is 40.5 Å². The molecule has 0 aliphatic rings. The third-order valence-electron chi connectivity index (χ3n) is 1.93. The van der Waals surface area contributed by atoms with Crippen LogP contribution in [0, 0.1) is 6.92 Å². The van der Waals surface area contributed by atoms with Crippen LogP contribution in [0.15, 0.2) is 25.6 Å². The molecule has 2 rings (SSSR count). The van der Waals surface area contributed by atoms with E-state index in [-0.39, 0.29) is 0 Å². The Bertz CT molecular complexity index is 429. The maximum absolute atomic E-state index is 5.26. The molecule has 0 aliphatic carbocycles. The summed E-state index contributed by atoms with van der Waals surface area (Å²) in [6, 6.07) is 2.13.